The second kappa shape index (κ2) is 8.75. The fourth-order valence-electron chi connectivity index (χ4n) is 4.78. The first-order valence-corrected chi connectivity index (χ1v) is 12.1. The van der Waals surface area contributed by atoms with E-state index in [-0.39, 0.29) is 22.6 Å². The first-order chi connectivity index (χ1) is 16.3. The molecule has 1 aromatic heterocycles. The molecular formula is C23H22ClFN4O4S. The Balaban J connectivity index is 1.60. The van der Waals surface area contributed by atoms with E-state index in [2.05, 4.69) is 10.3 Å². The molecule has 5 rings (SSSR count). The summed E-state index contributed by atoms with van der Waals surface area (Å²) in [5, 5.41) is 15.5. The van der Waals surface area contributed by atoms with Gasteiger partial charge in [0.25, 0.3) is 0 Å². The molecule has 178 valence electrons. The van der Waals surface area contributed by atoms with Crippen LogP contribution in [0.25, 0.3) is 5.70 Å². The zero-order valence-electron chi connectivity index (χ0n) is 18.3. The fraction of sp³-hybridized carbons (Fsp3) is 0.391. The number of carbonyl (C=O) groups is 2. The van der Waals surface area contributed by atoms with Crippen molar-refractivity contribution in [3.63, 3.8) is 0 Å². The van der Waals surface area contributed by atoms with E-state index < -0.39 is 29.8 Å². The van der Waals surface area contributed by atoms with E-state index in [4.69, 9.17) is 21.3 Å². The Morgan fingerprint density at radius 2 is 2.21 bits per heavy atom. The average Bonchev–Trinajstić information content (AvgIpc) is 3.19. The van der Waals surface area contributed by atoms with Gasteiger partial charge >= 0.3 is 11.9 Å². The first-order valence-electron chi connectivity index (χ1n) is 10.8. The Morgan fingerprint density at radius 1 is 1.41 bits per heavy atom. The quantitative estimate of drug-likeness (QED) is 0.582. The predicted molar refractivity (Wildman–Crippen MR) is 125 cm³/mol. The Labute approximate surface area is 204 Å². The van der Waals surface area contributed by atoms with Gasteiger partial charge in [0.1, 0.15) is 11.9 Å². The van der Waals surface area contributed by atoms with Crippen LogP contribution in [-0.4, -0.2) is 65.0 Å². The van der Waals surface area contributed by atoms with E-state index in [1.807, 2.05) is 4.90 Å². The van der Waals surface area contributed by atoms with Gasteiger partial charge in [-0.05, 0) is 42.9 Å². The van der Waals surface area contributed by atoms with E-state index >= 15 is 0 Å². The zero-order valence-corrected chi connectivity index (χ0v) is 19.8. The van der Waals surface area contributed by atoms with Gasteiger partial charge in [-0.25, -0.2) is 14.2 Å². The van der Waals surface area contributed by atoms with E-state index in [9.17, 15) is 19.1 Å². The number of ether oxygens (including phenoxy) is 1. The Morgan fingerprint density at radius 3 is 2.82 bits per heavy atom. The van der Waals surface area contributed by atoms with Crippen LogP contribution in [0.15, 0.2) is 40.3 Å². The maximum absolute atomic E-state index is 13.8. The largest absolute Gasteiger partial charge is 0.480 e. The number of esters is 1. The van der Waals surface area contributed by atoms with E-state index in [1.165, 1.54) is 36.6 Å². The summed E-state index contributed by atoms with van der Waals surface area (Å²) < 4.78 is 18.9. The van der Waals surface area contributed by atoms with Gasteiger partial charge in [-0.3, -0.25) is 14.7 Å². The molecule has 1 aliphatic carbocycles. The molecule has 8 nitrogen and oxygen atoms in total. The summed E-state index contributed by atoms with van der Waals surface area (Å²) in [4.78, 5) is 36.0. The van der Waals surface area contributed by atoms with Crippen molar-refractivity contribution in [2.45, 2.75) is 31.3 Å². The summed E-state index contributed by atoms with van der Waals surface area (Å²) in [6.45, 7) is 0.846. The SMILES string of the molecule is COC(=O)C1=C(c2ccc(F)cc2Cl)NC(c2nccs2)=NC1CN1CC2(CC2)CC1C(=O)O. The third-order valence-electron chi connectivity index (χ3n) is 6.63. The summed E-state index contributed by atoms with van der Waals surface area (Å²) in [6, 6.07) is 2.53. The van der Waals surface area contributed by atoms with Crippen LogP contribution >= 0.6 is 22.9 Å². The minimum Gasteiger partial charge on any atom is -0.480 e. The molecule has 0 amide bonds. The minimum atomic E-state index is -0.882. The molecule has 2 atom stereocenters. The van der Waals surface area contributed by atoms with E-state index in [0.29, 0.717) is 35.1 Å². The molecule has 2 N–H and O–H groups in total. The standard InChI is InChI=1S/C23H22ClFN4O4S/c1-33-22(32)17-15(10-29-11-23(4-5-23)9-16(29)21(30)31)27-19(20-26-6-7-34-20)28-18(17)13-3-2-12(25)8-14(13)24/h2-3,6-8,15-16H,4-5,9-11H2,1H3,(H,27,28)(H,30,31). The molecule has 11 heteroatoms. The maximum Gasteiger partial charge on any atom is 0.338 e. The molecule has 34 heavy (non-hydrogen) atoms. The Hall–Kier alpha value is -2.82. The number of aliphatic imine (C=N–C) groups is 1. The Bertz CT molecular complexity index is 1210. The van der Waals surface area contributed by atoms with Gasteiger partial charge in [0.2, 0.25) is 0 Å². The van der Waals surface area contributed by atoms with Crippen LogP contribution in [0.4, 0.5) is 4.39 Å². The molecule has 1 aromatic carbocycles. The van der Waals surface area contributed by atoms with Crippen molar-refractivity contribution in [3.05, 3.63) is 56.8 Å². The molecule has 1 spiro atoms. The summed E-state index contributed by atoms with van der Waals surface area (Å²) in [6.07, 6.45) is 4.23. The second-order valence-corrected chi connectivity index (χ2v) is 10.1. The highest BCUT2D eigenvalue weighted by Crippen LogP contribution is 2.55. The number of aromatic nitrogens is 1. The fourth-order valence-corrected chi connectivity index (χ4v) is 5.63. The first kappa shape index (κ1) is 22.9. The number of likely N-dealkylation sites (tertiary alicyclic amines) is 1. The molecule has 2 unspecified atom stereocenters. The van der Waals surface area contributed by atoms with Gasteiger partial charge in [0.05, 0.1) is 29.4 Å². The van der Waals surface area contributed by atoms with Crippen LogP contribution in [-0.2, 0) is 14.3 Å². The Kier molecular flexibility index (Phi) is 5.91. The number of benzene rings is 1. The lowest BCUT2D eigenvalue weighted by atomic mass is 9.97. The maximum atomic E-state index is 13.8. The summed E-state index contributed by atoms with van der Waals surface area (Å²) in [5.41, 5.74) is 0.995. The number of carbonyl (C=O) groups excluding carboxylic acids is 1. The molecule has 1 saturated heterocycles. The lowest BCUT2D eigenvalue weighted by Gasteiger charge is -2.31. The lowest BCUT2D eigenvalue weighted by molar-refractivity contribution is -0.142. The van der Waals surface area contributed by atoms with Crippen molar-refractivity contribution in [2.75, 3.05) is 20.2 Å². The van der Waals surface area contributed by atoms with Gasteiger partial charge in [-0.15, -0.1) is 11.3 Å². The average molecular weight is 505 g/mol. The highest BCUT2D eigenvalue weighted by atomic mass is 35.5. The number of hydrogen-bond donors (Lipinski definition) is 2. The normalized spacial score (nSPS) is 23.6. The molecule has 1 saturated carbocycles. The van der Waals surface area contributed by atoms with E-state index in [0.717, 1.165) is 12.8 Å². The van der Waals surface area contributed by atoms with Crippen LogP contribution < -0.4 is 5.32 Å². The smallest absolute Gasteiger partial charge is 0.338 e. The topological polar surface area (TPSA) is 104 Å². The highest BCUT2D eigenvalue weighted by Gasteiger charge is 2.54. The number of methoxy groups -OCH3 is 1. The summed E-state index contributed by atoms with van der Waals surface area (Å²) >= 11 is 7.73. The number of nitrogens with one attached hydrogen (secondary N) is 1. The van der Waals surface area contributed by atoms with Crippen molar-refractivity contribution in [3.8, 4) is 0 Å². The monoisotopic (exact) mass is 504 g/mol. The second-order valence-electron chi connectivity index (χ2n) is 8.85. The number of halogens is 2. The molecule has 2 fully saturated rings. The number of carboxylic acid groups (broad SMARTS) is 1. The van der Waals surface area contributed by atoms with Gasteiger partial charge < -0.3 is 15.2 Å². The number of amidine groups is 1. The molecule has 0 radical (unpaired) electrons. The van der Waals surface area contributed by atoms with Gasteiger partial charge in [-0.2, -0.15) is 0 Å². The molecule has 3 aliphatic rings. The van der Waals surface area contributed by atoms with Crippen molar-refractivity contribution in [1.82, 2.24) is 15.2 Å². The molecule has 0 bridgehead atoms. The van der Waals surface area contributed by atoms with Gasteiger partial charge in [0.15, 0.2) is 10.8 Å². The summed E-state index contributed by atoms with van der Waals surface area (Å²) in [7, 11) is 1.27. The molecule has 2 aliphatic heterocycles. The van der Waals surface area contributed by atoms with Crippen LogP contribution in [0.2, 0.25) is 5.02 Å². The molecule has 3 heterocycles. The zero-order chi connectivity index (χ0) is 24.0. The molecular weight excluding hydrogens is 483 g/mol. The predicted octanol–water partition coefficient (Wildman–Crippen LogP) is 3.18. The van der Waals surface area contributed by atoms with Crippen molar-refractivity contribution >= 4 is 46.4 Å². The highest BCUT2D eigenvalue weighted by molar-refractivity contribution is 7.11. The third-order valence-corrected chi connectivity index (χ3v) is 7.72. The van der Waals surface area contributed by atoms with Gasteiger partial charge in [-0.1, -0.05) is 11.6 Å². The third kappa shape index (κ3) is 4.21. The number of aliphatic carboxylic acids is 1. The number of hydrogen-bond acceptors (Lipinski definition) is 8. The van der Waals surface area contributed by atoms with Crippen LogP contribution in [0, 0.1) is 11.2 Å². The van der Waals surface area contributed by atoms with Gasteiger partial charge in [0, 0.05) is 30.2 Å². The van der Waals surface area contributed by atoms with Crippen LogP contribution in [0.3, 0.4) is 0 Å². The van der Waals surface area contributed by atoms with Crippen molar-refractivity contribution in [1.29, 1.82) is 0 Å². The number of nitrogens with zero attached hydrogens (tertiary/aromatic N) is 3. The minimum absolute atomic E-state index is 0.0378. The lowest BCUT2D eigenvalue weighted by Crippen LogP contribution is -2.45. The van der Waals surface area contributed by atoms with Crippen LogP contribution in [0.1, 0.15) is 29.8 Å². The van der Waals surface area contributed by atoms with Crippen LogP contribution in [0.5, 0.6) is 0 Å². The molecule has 2 aromatic rings. The van der Waals surface area contributed by atoms with E-state index in [1.54, 1.807) is 11.6 Å². The summed E-state index contributed by atoms with van der Waals surface area (Å²) in [5.74, 6) is -1.59. The number of rotatable bonds is 6. The van der Waals surface area contributed by atoms with Crippen molar-refractivity contribution < 1.29 is 23.8 Å². The van der Waals surface area contributed by atoms with Crippen molar-refractivity contribution in [2.24, 2.45) is 10.4 Å². The number of thiazole rings is 1. The number of carboxylic acids is 1.